The van der Waals surface area contributed by atoms with Crippen LogP contribution in [0.25, 0.3) is 10.6 Å². The zero-order valence-corrected chi connectivity index (χ0v) is 17.6. The summed E-state index contributed by atoms with van der Waals surface area (Å²) in [5, 5.41) is 3.01. The lowest BCUT2D eigenvalue weighted by Gasteiger charge is -2.30. The molecule has 0 aliphatic carbocycles. The standard InChI is InChI=1S/C20H25N3O3S2/c1-2-26-17-5-3-15(4-6-17)20-22-16(12-28-20)11-27-13-18(24)23-9-7-14(8-10-23)19(21)25/h3-6,12,14H,2,7-11,13H2,1H3,(H2,21,25). The number of primary amides is 1. The molecule has 2 amide bonds. The summed E-state index contributed by atoms with van der Waals surface area (Å²) in [5.41, 5.74) is 7.39. The Morgan fingerprint density at radius 2 is 2.00 bits per heavy atom. The molecule has 0 bridgehead atoms. The molecule has 1 aromatic heterocycles. The van der Waals surface area contributed by atoms with Crippen LogP contribution in [0.4, 0.5) is 0 Å². The highest BCUT2D eigenvalue weighted by atomic mass is 32.2. The predicted octanol–water partition coefficient (Wildman–Crippen LogP) is 3.17. The molecule has 8 heteroatoms. The number of nitrogens with two attached hydrogens (primary N) is 1. The molecule has 28 heavy (non-hydrogen) atoms. The Labute approximate surface area is 173 Å². The molecule has 1 aliphatic heterocycles. The molecule has 0 radical (unpaired) electrons. The van der Waals surface area contributed by atoms with E-state index >= 15 is 0 Å². The van der Waals surface area contributed by atoms with E-state index in [4.69, 9.17) is 10.5 Å². The molecule has 1 fully saturated rings. The van der Waals surface area contributed by atoms with E-state index in [0.29, 0.717) is 44.0 Å². The summed E-state index contributed by atoms with van der Waals surface area (Å²) in [6, 6.07) is 7.93. The van der Waals surface area contributed by atoms with Crippen LogP contribution >= 0.6 is 23.1 Å². The van der Waals surface area contributed by atoms with Gasteiger partial charge in [0.25, 0.3) is 0 Å². The molecule has 2 aromatic rings. The lowest BCUT2D eigenvalue weighted by molar-refractivity contribution is -0.132. The third kappa shape index (κ3) is 5.48. The number of hydrogen-bond acceptors (Lipinski definition) is 6. The van der Waals surface area contributed by atoms with Gasteiger partial charge < -0.3 is 15.4 Å². The predicted molar refractivity (Wildman–Crippen MR) is 113 cm³/mol. The Morgan fingerprint density at radius 3 is 2.64 bits per heavy atom. The van der Waals surface area contributed by atoms with Gasteiger partial charge >= 0.3 is 0 Å². The van der Waals surface area contributed by atoms with Gasteiger partial charge in [-0.15, -0.1) is 23.1 Å². The summed E-state index contributed by atoms with van der Waals surface area (Å²) >= 11 is 3.18. The maximum absolute atomic E-state index is 12.3. The second-order valence-electron chi connectivity index (χ2n) is 6.65. The fourth-order valence-electron chi connectivity index (χ4n) is 3.11. The van der Waals surface area contributed by atoms with Crippen molar-refractivity contribution in [3.63, 3.8) is 0 Å². The van der Waals surface area contributed by atoms with Gasteiger partial charge in [0, 0.05) is 35.7 Å². The van der Waals surface area contributed by atoms with E-state index in [2.05, 4.69) is 4.98 Å². The van der Waals surface area contributed by atoms with E-state index in [1.165, 1.54) is 0 Å². The average Bonchev–Trinajstić information content (AvgIpc) is 3.17. The number of rotatable bonds is 8. The average molecular weight is 420 g/mol. The topological polar surface area (TPSA) is 85.5 Å². The minimum absolute atomic E-state index is 0.0901. The van der Waals surface area contributed by atoms with Crippen LogP contribution in [-0.4, -0.2) is 47.1 Å². The first-order valence-corrected chi connectivity index (χ1v) is 11.4. The molecular weight excluding hydrogens is 394 g/mol. The largest absolute Gasteiger partial charge is 0.494 e. The van der Waals surface area contributed by atoms with Gasteiger partial charge in [0.1, 0.15) is 10.8 Å². The molecular formula is C20H25N3O3S2. The summed E-state index contributed by atoms with van der Waals surface area (Å²) in [4.78, 5) is 30.1. The fraction of sp³-hybridized carbons (Fsp3) is 0.450. The van der Waals surface area contributed by atoms with Crippen molar-refractivity contribution in [2.24, 2.45) is 11.7 Å². The second kappa shape index (κ2) is 9.93. The first-order chi connectivity index (χ1) is 13.6. The molecule has 150 valence electrons. The summed E-state index contributed by atoms with van der Waals surface area (Å²) in [7, 11) is 0. The molecule has 6 nitrogen and oxygen atoms in total. The molecule has 1 saturated heterocycles. The monoisotopic (exact) mass is 419 g/mol. The number of piperidine rings is 1. The number of carbonyl (C=O) groups is 2. The third-order valence-electron chi connectivity index (χ3n) is 4.69. The minimum Gasteiger partial charge on any atom is -0.494 e. The van der Waals surface area contributed by atoms with Crippen molar-refractivity contribution >= 4 is 34.9 Å². The van der Waals surface area contributed by atoms with Crippen molar-refractivity contribution in [2.45, 2.75) is 25.5 Å². The number of benzene rings is 1. The highest BCUT2D eigenvalue weighted by molar-refractivity contribution is 7.99. The number of aromatic nitrogens is 1. The van der Waals surface area contributed by atoms with E-state index in [0.717, 1.165) is 22.0 Å². The zero-order valence-electron chi connectivity index (χ0n) is 15.9. The third-order valence-corrected chi connectivity index (χ3v) is 6.58. The van der Waals surface area contributed by atoms with E-state index in [1.807, 2.05) is 41.5 Å². The van der Waals surface area contributed by atoms with Crippen LogP contribution in [0, 0.1) is 5.92 Å². The maximum atomic E-state index is 12.3. The maximum Gasteiger partial charge on any atom is 0.232 e. The summed E-state index contributed by atoms with van der Waals surface area (Å²) in [6.07, 6.45) is 1.34. The molecule has 1 aliphatic rings. The SMILES string of the molecule is CCOc1ccc(-c2nc(CSCC(=O)N3CCC(C(N)=O)CC3)cs2)cc1. The Morgan fingerprint density at radius 1 is 1.29 bits per heavy atom. The van der Waals surface area contributed by atoms with Crippen LogP contribution in [0.3, 0.4) is 0 Å². The number of nitrogens with zero attached hydrogens (tertiary/aromatic N) is 2. The number of amides is 2. The van der Waals surface area contributed by atoms with E-state index in [-0.39, 0.29) is 17.7 Å². The van der Waals surface area contributed by atoms with Crippen LogP contribution in [0.5, 0.6) is 5.75 Å². The number of carbonyl (C=O) groups excluding carboxylic acids is 2. The Balaban J connectivity index is 1.44. The van der Waals surface area contributed by atoms with E-state index < -0.39 is 0 Å². The molecule has 0 saturated carbocycles. The smallest absolute Gasteiger partial charge is 0.232 e. The minimum atomic E-state index is -0.256. The second-order valence-corrected chi connectivity index (χ2v) is 8.50. The van der Waals surface area contributed by atoms with Crippen molar-refractivity contribution in [2.75, 3.05) is 25.4 Å². The Kier molecular flexibility index (Phi) is 7.33. The molecule has 3 rings (SSSR count). The summed E-state index contributed by atoms with van der Waals surface area (Å²) in [5.74, 6) is 1.77. The number of likely N-dealkylation sites (tertiary alicyclic amines) is 1. The molecule has 2 N–H and O–H groups in total. The van der Waals surface area contributed by atoms with Gasteiger partial charge in [-0.25, -0.2) is 4.98 Å². The van der Waals surface area contributed by atoms with Crippen molar-refractivity contribution in [3.8, 4) is 16.3 Å². The van der Waals surface area contributed by atoms with Crippen molar-refractivity contribution in [3.05, 3.63) is 35.3 Å². The van der Waals surface area contributed by atoms with Gasteiger partial charge in [-0.05, 0) is 44.0 Å². The van der Waals surface area contributed by atoms with Crippen LogP contribution in [0.15, 0.2) is 29.6 Å². The fourth-order valence-corrected chi connectivity index (χ4v) is 4.86. The number of thiazole rings is 1. The van der Waals surface area contributed by atoms with Crippen LogP contribution in [0.1, 0.15) is 25.5 Å². The normalized spacial score (nSPS) is 14.8. The number of hydrogen-bond donors (Lipinski definition) is 1. The Bertz CT molecular complexity index is 799. The number of ether oxygens (including phenoxy) is 1. The summed E-state index contributed by atoms with van der Waals surface area (Å²) < 4.78 is 5.47. The molecule has 0 spiro atoms. The lowest BCUT2D eigenvalue weighted by Crippen LogP contribution is -2.42. The number of thioether (sulfide) groups is 1. The molecule has 0 atom stereocenters. The van der Waals surface area contributed by atoms with Gasteiger partial charge in [-0.3, -0.25) is 9.59 Å². The highest BCUT2D eigenvalue weighted by Crippen LogP contribution is 2.27. The first kappa shape index (κ1) is 20.7. The van der Waals surface area contributed by atoms with Gasteiger partial charge in [0.15, 0.2) is 0 Å². The quantitative estimate of drug-likeness (QED) is 0.710. The van der Waals surface area contributed by atoms with Gasteiger partial charge in [0.05, 0.1) is 18.1 Å². The van der Waals surface area contributed by atoms with E-state index in [9.17, 15) is 9.59 Å². The summed E-state index contributed by atoms with van der Waals surface area (Å²) in [6.45, 7) is 3.85. The lowest BCUT2D eigenvalue weighted by atomic mass is 9.96. The van der Waals surface area contributed by atoms with Crippen molar-refractivity contribution in [1.82, 2.24) is 9.88 Å². The zero-order chi connectivity index (χ0) is 19.9. The van der Waals surface area contributed by atoms with E-state index in [1.54, 1.807) is 23.1 Å². The Hall–Kier alpha value is -2.06. The van der Waals surface area contributed by atoms with Gasteiger partial charge in [-0.1, -0.05) is 0 Å². The van der Waals surface area contributed by atoms with Crippen LogP contribution < -0.4 is 10.5 Å². The van der Waals surface area contributed by atoms with Crippen LogP contribution in [0.2, 0.25) is 0 Å². The first-order valence-electron chi connectivity index (χ1n) is 9.39. The van der Waals surface area contributed by atoms with Gasteiger partial charge in [-0.2, -0.15) is 0 Å². The van der Waals surface area contributed by atoms with Crippen molar-refractivity contribution < 1.29 is 14.3 Å². The molecule has 2 heterocycles. The van der Waals surface area contributed by atoms with Crippen molar-refractivity contribution in [1.29, 1.82) is 0 Å². The molecule has 0 unspecified atom stereocenters. The van der Waals surface area contributed by atoms with Crippen LogP contribution in [-0.2, 0) is 15.3 Å². The molecule has 1 aromatic carbocycles. The highest BCUT2D eigenvalue weighted by Gasteiger charge is 2.25. The van der Waals surface area contributed by atoms with Gasteiger partial charge in [0.2, 0.25) is 11.8 Å².